The maximum Gasteiger partial charge on any atom is 0.340 e. The highest BCUT2D eigenvalue weighted by Gasteiger charge is 2.32. The number of esters is 1. The Morgan fingerprint density at radius 1 is 0.700 bits per heavy atom. The van der Waals surface area contributed by atoms with Crippen LogP contribution in [0.2, 0.25) is 5.02 Å². The minimum Gasteiger partial charge on any atom is -0.444 e. The average Bonchev–Trinajstić information content (AvgIpc) is 3.15. The van der Waals surface area contributed by atoms with Crippen LogP contribution in [0.3, 0.4) is 0 Å². The zero-order valence-electron chi connectivity index (χ0n) is 26.9. The van der Waals surface area contributed by atoms with Gasteiger partial charge in [-0.2, -0.15) is 8.61 Å². The van der Waals surface area contributed by atoms with E-state index in [1.165, 1.54) is 45.0 Å². The van der Waals surface area contributed by atoms with Crippen LogP contribution in [-0.2, 0) is 34.3 Å². The predicted molar refractivity (Wildman–Crippen MR) is 188 cm³/mol. The van der Waals surface area contributed by atoms with Crippen molar-refractivity contribution in [1.82, 2.24) is 8.61 Å². The van der Waals surface area contributed by atoms with Gasteiger partial charge in [-0.3, -0.25) is 4.79 Å². The van der Waals surface area contributed by atoms with E-state index in [1.54, 1.807) is 30.3 Å². The highest BCUT2D eigenvalue weighted by molar-refractivity contribution is 7.89. The number of benzene rings is 4. The van der Waals surface area contributed by atoms with Gasteiger partial charge in [0, 0.05) is 56.2 Å². The Morgan fingerprint density at radius 3 is 1.96 bits per heavy atom. The second-order valence-corrected chi connectivity index (χ2v) is 15.9. The summed E-state index contributed by atoms with van der Waals surface area (Å²) in [6.07, 6.45) is -1.49. The summed E-state index contributed by atoms with van der Waals surface area (Å²) in [6, 6.07) is 27.5. The molecule has 0 aromatic heterocycles. The molecule has 2 aliphatic rings. The minimum absolute atomic E-state index is 0.0169. The molecule has 2 fully saturated rings. The molecule has 0 saturated carbocycles. The van der Waals surface area contributed by atoms with Crippen molar-refractivity contribution in [3.8, 4) is 0 Å². The van der Waals surface area contributed by atoms with Gasteiger partial charge in [-0.15, -0.1) is 0 Å². The first-order valence-corrected chi connectivity index (χ1v) is 19.1. The first-order chi connectivity index (χ1) is 24.0. The lowest BCUT2D eigenvalue weighted by Crippen LogP contribution is -2.48. The molecule has 12 nitrogen and oxygen atoms in total. The Bertz CT molecular complexity index is 2050. The summed E-state index contributed by atoms with van der Waals surface area (Å²) in [5, 5.41) is 2.60. The van der Waals surface area contributed by atoms with Crippen LogP contribution in [0.15, 0.2) is 113 Å². The van der Waals surface area contributed by atoms with Crippen LogP contribution in [0.1, 0.15) is 22.0 Å². The van der Waals surface area contributed by atoms with Crippen LogP contribution in [0.5, 0.6) is 0 Å². The third kappa shape index (κ3) is 7.85. The average molecular weight is 739 g/mol. The molecule has 1 N–H and O–H groups in total. The molecule has 4 aromatic carbocycles. The van der Waals surface area contributed by atoms with E-state index in [0.717, 1.165) is 11.8 Å². The fourth-order valence-electron chi connectivity index (χ4n) is 5.75. The van der Waals surface area contributed by atoms with Crippen molar-refractivity contribution >= 4 is 54.9 Å². The van der Waals surface area contributed by atoms with Crippen LogP contribution in [0, 0.1) is 0 Å². The number of carbonyl (C=O) groups is 2. The number of rotatable bonds is 10. The highest BCUT2D eigenvalue weighted by atomic mass is 35.5. The number of hydrogen-bond acceptors (Lipinski definition) is 9. The molecule has 2 heterocycles. The molecular formula is C35H35ClN4O8S2. The van der Waals surface area contributed by atoms with Crippen molar-refractivity contribution in [3.63, 3.8) is 0 Å². The first-order valence-electron chi connectivity index (χ1n) is 15.9. The topological polar surface area (TPSA) is 143 Å². The predicted octanol–water partition coefficient (Wildman–Crippen LogP) is 4.41. The Morgan fingerprint density at radius 2 is 1.30 bits per heavy atom. The number of hydrogen-bond donors (Lipinski definition) is 1. The van der Waals surface area contributed by atoms with E-state index in [2.05, 4.69) is 10.2 Å². The van der Waals surface area contributed by atoms with Crippen LogP contribution < -0.4 is 10.2 Å². The normalized spacial score (nSPS) is 16.8. The Hall–Kier alpha value is -4.31. The molecular weight excluding hydrogens is 704 g/mol. The second kappa shape index (κ2) is 15.3. The molecule has 15 heteroatoms. The zero-order valence-corrected chi connectivity index (χ0v) is 29.2. The molecule has 4 aromatic rings. The van der Waals surface area contributed by atoms with E-state index in [-0.39, 0.29) is 65.5 Å². The van der Waals surface area contributed by atoms with Gasteiger partial charge >= 0.3 is 5.97 Å². The number of amides is 1. The van der Waals surface area contributed by atoms with Gasteiger partial charge in [-0.25, -0.2) is 21.6 Å². The van der Waals surface area contributed by atoms with E-state index >= 15 is 0 Å². The van der Waals surface area contributed by atoms with Crippen molar-refractivity contribution in [2.45, 2.75) is 15.9 Å². The lowest BCUT2D eigenvalue weighted by Gasteiger charge is -2.35. The molecule has 0 aliphatic carbocycles. The standard InChI is InChI=1S/C35H35ClN4O8S2/c36-32-15-14-30(50(45,46)39-18-16-38(17-19-39)28-11-5-2-6-12-28)25-31(32)35(42)48-33(26-8-3-1-4-9-26)34(41)37-27-10-7-13-29(24-27)49(43,44)40-20-22-47-23-21-40/h1-15,24-25,33H,16-23H2,(H,37,41). The SMILES string of the molecule is O=C(OC(C(=O)Nc1cccc(S(=O)(=O)N2CCOCC2)c1)c1ccccc1)c1cc(S(=O)(=O)N2CCN(c3ccccc3)CC2)ccc1Cl. The molecule has 50 heavy (non-hydrogen) atoms. The maximum atomic E-state index is 13.7. The van der Waals surface area contributed by atoms with Crippen molar-refractivity contribution < 1.29 is 35.9 Å². The monoisotopic (exact) mass is 738 g/mol. The zero-order chi connectivity index (χ0) is 35.3. The maximum absolute atomic E-state index is 13.7. The van der Waals surface area contributed by atoms with Crippen molar-refractivity contribution in [3.05, 3.63) is 119 Å². The summed E-state index contributed by atoms with van der Waals surface area (Å²) >= 11 is 6.39. The summed E-state index contributed by atoms with van der Waals surface area (Å²) in [7, 11) is -7.85. The number of anilines is 2. The quantitative estimate of drug-likeness (QED) is 0.234. The van der Waals surface area contributed by atoms with Crippen molar-refractivity contribution in [2.75, 3.05) is 62.7 Å². The fourth-order valence-corrected chi connectivity index (χ4v) is 8.84. The number of ether oxygens (including phenoxy) is 2. The van der Waals surface area contributed by atoms with Gasteiger partial charge in [0.25, 0.3) is 5.91 Å². The molecule has 6 rings (SSSR count). The van der Waals surface area contributed by atoms with Gasteiger partial charge in [0.15, 0.2) is 0 Å². The Labute approximate surface area is 296 Å². The molecule has 1 unspecified atom stereocenters. The minimum atomic E-state index is -4.00. The lowest BCUT2D eigenvalue weighted by atomic mass is 10.1. The Balaban J connectivity index is 1.20. The van der Waals surface area contributed by atoms with E-state index in [1.807, 2.05) is 30.3 Å². The largest absolute Gasteiger partial charge is 0.444 e. The van der Waals surface area contributed by atoms with Gasteiger partial charge in [-0.05, 0) is 48.5 Å². The van der Waals surface area contributed by atoms with Crippen LogP contribution in [-0.4, -0.2) is 89.8 Å². The number of nitrogens with one attached hydrogen (secondary N) is 1. The fraction of sp³-hybridized carbons (Fsp3) is 0.257. The number of sulfonamides is 2. The molecule has 2 aliphatic heterocycles. The van der Waals surface area contributed by atoms with Crippen LogP contribution in [0.25, 0.3) is 0 Å². The van der Waals surface area contributed by atoms with Crippen LogP contribution in [0.4, 0.5) is 11.4 Å². The second-order valence-electron chi connectivity index (χ2n) is 11.6. The third-order valence-corrected chi connectivity index (χ3v) is 12.5. The van der Waals surface area contributed by atoms with Gasteiger partial charge < -0.3 is 19.7 Å². The van der Waals surface area contributed by atoms with Gasteiger partial charge in [0.05, 0.1) is 33.6 Å². The summed E-state index contributed by atoms with van der Waals surface area (Å²) in [5.74, 6) is -1.78. The smallest absolute Gasteiger partial charge is 0.340 e. The molecule has 0 bridgehead atoms. The molecule has 1 amide bonds. The number of morpholine rings is 1. The molecule has 262 valence electrons. The molecule has 1 atom stereocenters. The summed E-state index contributed by atoms with van der Waals surface area (Å²) in [5.41, 5.74) is 1.26. The molecule has 0 radical (unpaired) electrons. The van der Waals surface area contributed by atoms with E-state index < -0.39 is 38.0 Å². The van der Waals surface area contributed by atoms with E-state index in [0.29, 0.717) is 18.7 Å². The van der Waals surface area contributed by atoms with Gasteiger partial charge in [0.2, 0.25) is 26.2 Å². The van der Waals surface area contributed by atoms with E-state index in [9.17, 15) is 26.4 Å². The number of halogens is 1. The number of piperazine rings is 1. The summed E-state index contributed by atoms with van der Waals surface area (Å²) in [4.78, 5) is 29.3. The molecule has 2 saturated heterocycles. The van der Waals surface area contributed by atoms with Crippen molar-refractivity contribution in [1.29, 1.82) is 0 Å². The number of para-hydroxylation sites is 1. The van der Waals surface area contributed by atoms with Crippen LogP contribution >= 0.6 is 11.6 Å². The summed E-state index contributed by atoms with van der Waals surface area (Å²) < 4.78 is 67.4. The van der Waals surface area contributed by atoms with E-state index in [4.69, 9.17) is 21.1 Å². The highest BCUT2D eigenvalue weighted by Crippen LogP contribution is 2.29. The first kappa shape index (κ1) is 35.5. The lowest BCUT2D eigenvalue weighted by molar-refractivity contribution is -0.125. The number of carbonyl (C=O) groups excluding carboxylic acids is 2. The molecule has 0 spiro atoms. The Kier molecular flexibility index (Phi) is 10.9. The van der Waals surface area contributed by atoms with Crippen molar-refractivity contribution in [2.24, 2.45) is 0 Å². The third-order valence-electron chi connectivity index (χ3n) is 8.43. The number of nitrogens with zero attached hydrogens (tertiary/aromatic N) is 3. The summed E-state index contributed by atoms with van der Waals surface area (Å²) in [6.45, 7) is 2.44. The van der Waals surface area contributed by atoms with Gasteiger partial charge in [0.1, 0.15) is 0 Å². The van der Waals surface area contributed by atoms with Gasteiger partial charge in [-0.1, -0.05) is 66.2 Å².